The van der Waals surface area contributed by atoms with Gasteiger partial charge in [0.25, 0.3) is 0 Å². The number of methoxy groups -OCH3 is 1. The molecule has 2 aromatic rings. The van der Waals surface area contributed by atoms with Crippen LogP contribution in [-0.4, -0.2) is 11.3 Å². The van der Waals surface area contributed by atoms with E-state index in [0.29, 0.717) is 16.1 Å². The molecule has 0 saturated heterocycles. The molecule has 0 saturated carbocycles. The third-order valence-electron chi connectivity index (χ3n) is 2.71. The molecule has 0 bridgehead atoms. The fourth-order valence-electron chi connectivity index (χ4n) is 1.73. The quantitative estimate of drug-likeness (QED) is 0.875. The van der Waals surface area contributed by atoms with E-state index in [1.165, 1.54) is 13.2 Å². The molecule has 0 heterocycles. The lowest BCUT2D eigenvalue weighted by atomic mass is 10.2. The molecule has 19 heavy (non-hydrogen) atoms. The van der Waals surface area contributed by atoms with Crippen LogP contribution < -0.4 is 10.5 Å². The van der Waals surface area contributed by atoms with Crippen LogP contribution in [0.2, 0.25) is 0 Å². The number of ether oxygens (including phenoxy) is 1. The largest absolute Gasteiger partial charge is 0.494 e. The van der Waals surface area contributed by atoms with Crippen LogP contribution >= 0.6 is 0 Å². The number of rotatable bonds is 4. The first-order valence-corrected chi connectivity index (χ1v) is 6.99. The summed E-state index contributed by atoms with van der Waals surface area (Å²) in [5, 5.41) is 0. The van der Waals surface area contributed by atoms with E-state index in [0.717, 1.165) is 0 Å². The van der Waals surface area contributed by atoms with Gasteiger partial charge in [-0.05, 0) is 18.2 Å². The maximum atomic E-state index is 14.0. The van der Waals surface area contributed by atoms with E-state index >= 15 is 0 Å². The Morgan fingerprint density at radius 3 is 2.63 bits per heavy atom. The minimum absolute atomic E-state index is 0.0667. The summed E-state index contributed by atoms with van der Waals surface area (Å²) in [7, 11) is 0.0101. The first-order chi connectivity index (χ1) is 9.13. The Morgan fingerprint density at radius 1 is 1.21 bits per heavy atom. The number of hydrogen-bond donors (Lipinski definition) is 1. The minimum Gasteiger partial charge on any atom is -0.494 e. The van der Waals surface area contributed by atoms with Crippen molar-refractivity contribution in [1.82, 2.24) is 0 Å². The minimum atomic E-state index is -1.39. The van der Waals surface area contributed by atoms with E-state index in [4.69, 9.17) is 10.5 Å². The van der Waals surface area contributed by atoms with Crippen LogP contribution in [0.4, 0.5) is 10.1 Å². The van der Waals surface area contributed by atoms with Crippen molar-refractivity contribution >= 4 is 16.5 Å². The molecule has 100 valence electrons. The number of anilines is 1. The summed E-state index contributed by atoms with van der Waals surface area (Å²) in [6, 6.07) is 11.7. The molecule has 2 N–H and O–H groups in total. The van der Waals surface area contributed by atoms with E-state index < -0.39 is 16.6 Å². The number of nitrogens with two attached hydrogens (primary N) is 1. The van der Waals surface area contributed by atoms with Gasteiger partial charge < -0.3 is 10.5 Å². The van der Waals surface area contributed by atoms with Crippen LogP contribution in [0.5, 0.6) is 5.75 Å². The molecule has 0 spiro atoms. The van der Waals surface area contributed by atoms with Crippen molar-refractivity contribution in [2.24, 2.45) is 0 Å². The Balaban J connectivity index is 2.27. The number of para-hydroxylation sites is 1. The molecule has 0 aliphatic heterocycles. The second-order valence-corrected chi connectivity index (χ2v) is 5.38. The molecule has 0 aliphatic rings. The van der Waals surface area contributed by atoms with Crippen LogP contribution in [0.3, 0.4) is 0 Å². The summed E-state index contributed by atoms with van der Waals surface area (Å²) in [6.45, 7) is 0. The van der Waals surface area contributed by atoms with Gasteiger partial charge in [-0.25, -0.2) is 4.39 Å². The fraction of sp³-hybridized carbons (Fsp3) is 0.143. The molecule has 0 fully saturated rings. The van der Waals surface area contributed by atoms with E-state index in [-0.39, 0.29) is 11.5 Å². The van der Waals surface area contributed by atoms with Crippen molar-refractivity contribution in [1.29, 1.82) is 0 Å². The first kappa shape index (κ1) is 13.5. The zero-order valence-corrected chi connectivity index (χ0v) is 11.2. The third kappa shape index (κ3) is 2.93. The molecule has 2 rings (SSSR count). The molecule has 1 atom stereocenters. The van der Waals surface area contributed by atoms with Crippen LogP contribution in [0.1, 0.15) is 5.56 Å². The lowest BCUT2D eigenvalue weighted by Crippen LogP contribution is -2.03. The predicted octanol–water partition coefficient (Wildman–Crippen LogP) is 2.72. The topological polar surface area (TPSA) is 52.3 Å². The van der Waals surface area contributed by atoms with Crippen LogP contribution in [0.25, 0.3) is 0 Å². The van der Waals surface area contributed by atoms with Crippen molar-refractivity contribution in [2.45, 2.75) is 10.6 Å². The van der Waals surface area contributed by atoms with Crippen LogP contribution in [0, 0.1) is 5.82 Å². The average Bonchev–Trinajstić information content (AvgIpc) is 2.41. The first-order valence-electron chi connectivity index (χ1n) is 5.67. The van der Waals surface area contributed by atoms with Crippen molar-refractivity contribution in [3.63, 3.8) is 0 Å². The molecular weight excluding hydrogens is 265 g/mol. The third-order valence-corrected chi connectivity index (χ3v) is 4.15. The maximum absolute atomic E-state index is 14.0. The van der Waals surface area contributed by atoms with Crippen molar-refractivity contribution in [3.8, 4) is 5.75 Å². The zero-order chi connectivity index (χ0) is 13.8. The van der Waals surface area contributed by atoms with E-state index in [9.17, 15) is 8.60 Å². The molecule has 0 aromatic heterocycles. The van der Waals surface area contributed by atoms with Gasteiger partial charge in [0.05, 0.1) is 28.6 Å². The SMILES string of the molecule is COc1cccc(CS(=O)c2ccccc2N)c1F. The van der Waals surface area contributed by atoms with E-state index in [2.05, 4.69) is 0 Å². The summed E-state index contributed by atoms with van der Waals surface area (Å²) in [6.07, 6.45) is 0. The van der Waals surface area contributed by atoms with Crippen molar-refractivity contribution in [2.75, 3.05) is 12.8 Å². The Hall–Kier alpha value is -1.88. The number of hydrogen-bond acceptors (Lipinski definition) is 3. The summed E-state index contributed by atoms with van der Waals surface area (Å²) >= 11 is 0. The molecule has 0 radical (unpaired) electrons. The second kappa shape index (κ2) is 5.84. The highest BCUT2D eigenvalue weighted by atomic mass is 32.2. The Morgan fingerprint density at radius 2 is 1.95 bits per heavy atom. The molecular formula is C14H14FNO2S. The molecule has 5 heteroatoms. The lowest BCUT2D eigenvalue weighted by Gasteiger charge is -2.08. The monoisotopic (exact) mass is 279 g/mol. The summed E-state index contributed by atoms with van der Waals surface area (Å²) in [5.41, 5.74) is 6.55. The average molecular weight is 279 g/mol. The fourth-order valence-corrected chi connectivity index (χ4v) is 2.95. The molecule has 0 amide bonds. The van der Waals surface area contributed by atoms with Gasteiger partial charge >= 0.3 is 0 Å². The van der Waals surface area contributed by atoms with E-state index in [1.807, 2.05) is 0 Å². The highest BCUT2D eigenvalue weighted by Crippen LogP contribution is 2.24. The van der Waals surface area contributed by atoms with E-state index in [1.54, 1.807) is 36.4 Å². The van der Waals surface area contributed by atoms with Gasteiger partial charge in [0.15, 0.2) is 11.6 Å². The highest BCUT2D eigenvalue weighted by Gasteiger charge is 2.13. The standard InChI is InChI=1S/C14H14FNO2S/c1-18-12-7-4-5-10(14(12)15)9-19(17)13-8-3-2-6-11(13)16/h2-8H,9,16H2,1H3. The maximum Gasteiger partial charge on any atom is 0.169 e. The predicted molar refractivity (Wildman–Crippen MR) is 73.9 cm³/mol. The Kier molecular flexibility index (Phi) is 4.16. The highest BCUT2D eigenvalue weighted by molar-refractivity contribution is 7.84. The lowest BCUT2D eigenvalue weighted by molar-refractivity contribution is 0.385. The van der Waals surface area contributed by atoms with Crippen LogP contribution in [0.15, 0.2) is 47.4 Å². The van der Waals surface area contributed by atoms with Crippen LogP contribution in [-0.2, 0) is 16.6 Å². The summed E-state index contributed by atoms with van der Waals surface area (Å²) in [4.78, 5) is 0.518. The zero-order valence-electron chi connectivity index (χ0n) is 10.4. The van der Waals surface area contributed by atoms with Gasteiger partial charge in [-0.15, -0.1) is 0 Å². The smallest absolute Gasteiger partial charge is 0.169 e. The Bertz CT molecular complexity index is 616. The number of benzene rings is 2. The van der Waals surface area contributed by atoms with Gasteiger partial charge in [0.2, 0.25) is 0 Å². The van der Waals surface area contributed by atoms with Crippen molar-refractivity contribution < 1.29 is 13.3 Å². The molecule has 2 aromatic carbocycles. The summed E-state index contributed by atoms with van der Waals surface area (Å²) < 4.78 is 31.1. The van der Waals surface area contributed by atoms with Gasteiger partial charge in [-0.2, -0.15) is 0 Å². The van der Waals surface area contributed by atoms with Gasteiger partial charge in [-0.3, -0.25) is 4.21 Å². The number of halogens is 1. The van der Waals surface area contributed by atoms with Crippen molar-refractivity contribution in [3.05, 3.63) is 53.8 Å². The molecule has 1 unspecified atom stereocenters. The van der Waals surface area contributed by atoms with Gasteiger partial charge in [-0.1, -0.05) is 24.3 Å². The normalized spacial score (nSPS) is 12.1. The Labute approximate surface area is 113 Å². The molecule has 3 nitrogen and oxygen atoms in total. The second-order valence-electron chi connectivity index (χ2n) is 3.96. The van der Waals surface area contributed by atoms with Gasteiger partial charge in [0.1, 0.15) is 0 Å². The molecule has 0 aliphatic carbocycles. The summed E-state index contributed by atoms with van der Waals surface area (Å²) in [5.74, 6) is -0.263. The number of nitrogen functional groups attached to an aromatic ring is 1. The van der Waals surface area contributed by atoms with Gasteiger partial charge in [0, 0.05) is 11.3 Å².